The van der Waals surface area contributed by atoms with E-state index in [0.29, 0.717) is 29.2 Å². The highest BCUT2D eigenvalue weighted by molar-refractivity contribution is 7.89. The Morgan fingerprint density at radius 1 is 1.18 bits per heavy atom. The standard InChI is InChI=1S/C20H24N2O5S/c1-4-6-14-7-10-17(18(11-14)26-3)27-13-20(23)22-16-9-8-15(5-2)19(12-16)28(21,24)25/h4,6-12H,5,13H2,1-3H3,(H,22,23)(H2,21,24,25)/b6-4+. The second-order valence-corrected chi connectivity index (χ2v) is 7.50. The van der Waals surface area contributed by atoms with Crippen molar-refractivity contribution in [2.24, 2.45) is 5.14 Å². The molecule has 3 N–H and O–H groups in total. The number of carbonyl (C=O) groups is 1. The van der Waals surface area contributed by atoms with Crippen molar-refractivity contribution in [3.63, 3.8) is 0 Å². The van der Waals surface area contributed by atoms with Crippen molar-refractivity contribution in [2.45, 2.75) is 25.2 Å². The maximum absolute atomic E-state index is 12.2. The van der Waals surface area contributed by atoms with Crippen LogP contribution in [0.15, 0.2) is 47.4 Å². The molecular weight excluding hydrogens is 380 g/mol. The average Bonchev–Trinajstić information content (AvgIpc) is 2.66. The Bertz CT molecular complexity index is 984. The fourth-order valence-corrected chi connectivity index (χ4v) is 3.50. The molecule has 2 aromatic rings. The van der Waals surface area contributed by atoms with Gasteiger partial charge in [-0.3, -0.25) is 4.79 Å². The molecule has 0 aromatic heterocycles. The Balaban J connectivity index is 2.09. The van der Waals surface area contributed by atoms with Gasteiger partial charge in [0.2, 0.25) is 10.0 Å². The van der Waals surface area contributed by atoms with Crippen LogP contribution in [0.4, 0.5) is 5.69 Å². The average molecular weight is 404 g/mol. The van der Waals surface area contributed by atoms with Crippen LogP contribution < -0.4 is 19.9 Å². The van der Waals surface area contributed by atoms with Crippen LogP contribution in [0, 0.1) is 0 Å². The van der Waals surface area contributed by atoms with Gasteiger partial charge < -0.3 is 14.8 Å². The number of benzene rings is 2. The number of allylic oxidation sites excluding steroid dienone is 1. The minimum absolute atomic E-state index is 0.00467. The molecule has 0 saturated carbocycles. The first kappa shape index (κ1) is 21.5. The van der Waals surface area contributed by atoms with Crippen molar-refractivity contribution < 1.29 is 22.7 Å². The van der Waals surface area contributed by atoms with Crippen LogP contribution in [-0.2, 0) is 21.2 Å². The lowest BCUT2D eigenvalue weighted by molar-refractivity contribution is -0.118. The van der Waals surface area contributed by atoms with Crippen molar-refractivity contribution in [2.75, 3.05) is 19.0 Å². The number of ether oxygens (including phenoxy) is 2. The Hall–Kier alpha value is -2.84. The van der Waals surface area contributed by atoms with Crippen LogP contribution in [0.25, 0.3) is 6.08 Å². The summed E-state index contributed by atoms with van der Waals surface area (Å²) in [5, 5.41) is 7.86. The Morgan fingerprint density at radius 2 is 1.93 bits per heavy atom. The van der Waals surface area contributed by atoms with Crippen LogP contribution in [0.5, 0.6) is 11.5 Å². The molecule has 0 unspecified atom stereocenters. The van der Waals surface area contributed by atoms with E-state index < -0.39 is 15.9 Å². The molecule has 0 aliphatic heterocycles. The van der Waals surface area contributed by atoms with E-state index in [2.05, 4.69) is 5.32 Å². The van der Waals surface area contributed by atoms with Crippen LogP contribution in [0.3, 0.4) is 0 Å². The molecule has 2 aromatic carbocycles. The first-order chi connectivity index (χ1) is 13.3. The van der Waals surface area contributed by atoms with Crippen molar-refractivity contribution in [3.05, 3.63) is 53.6 Å². The van der Waals surface area contributed by atoms with Crippen molar-refractivity contribution in [1.29, 1.82) is 0 Å². The van der Waals surface area contributed by atoms with Gasteiger partial charge in [-0.25, -0.2) is 13.6 Å². The van der Waals surface area contributed by atoms with Gasteiger partial charge in [-0.2, -0.15) is 0 Å². The van der Waals surface area contributed by atoms with Crippen molar-refractivity contribution >= 4 is 27.7 Å². The number of hydrogen-bond acceptors (Lipinski definition) is 5. The number of nitrogens with one attached hydrogen (secondary N) is 1. The summed E-state index contributed by atoms with van der Waals surface area (Å²) in [6, 6.07) is 9.96. The van der Waals surface area contributed by atoms with Crippen LogP contribution in [-0.4, -0.2) is 28.0 Å². The number of amides is 1. The summed E-state index contributed by atoms with van der Waals surface area (Å²) in [5.41, 5.74) is 1.86. The van der Waals surface area contributed by atoms with Gasteiger partial charge in [0.15, 0.2) is 18.1 Å². The molecule has 150 valence electrons. The quantitative estimate of drug-likeness (QED) is 0.703. The third kappa shape index (κ3) is 5.58. The molecule has 0 aliphatic carbocycles. The summed E-state index contributed by atoms with van der Waals surface area (Å²) >= 11 is 0. The molecule has 0 spiro atoms. The highest BCUT2D eigenvalue weighted by Crippen LogP contribution is 2.28. The van der Waals surface area contributed by atoms with E-state index in [1.807, 2.05) is 32.1 Å². The molecule has 7 nitrogen and oxygen atoms in total. The van der Waals surface area contributed by atoms with E-state index in [4.69, 9.17) is 14.6 Å². The van der Waals surface area contributed by atoms with Crippen molar-refractivity contribution in [3.8, 4) is 11.5 Å². The molecule has 8 heteroatoms. The minimum Gasteiger partial charge on any atom is -0.493 e. The fraction of sp³-hybridized carbons (Fsp3) is 0.250. The fourth-order valence-electron chi connectivity index (χ4n) is 2.63. The number of hydrogen-bond donors (Lipinski definition) is 2. The molecule has 0 radical (unpaired) electrons. The van der Waals surface area contributed by atoms with Gasteiger partial charge in [0.05, 0.1) is 12.0 Å². The molecule has 0 fully saturated rings. The van der Waals surface area contributed by atoms with Gasteiger partial charge in [-0.1, -0.05) is 31.2 Å². The minimum atomic E-state index is -3.88. The lowest BCUT2D eigenvalue weighted by Gasteiger charge is -2.13. The van der Waals surface area contributed by atoms with Crippen LogP contribution in [0.2, 0.25) is 0 Å². The van der Waals surface area contributed by atoms with E-state index >= 15 is 0 Å². The van der Waals surface area contributed by atoms with Gasteiger partial charge in [0.25, 0.3) is 5.91 Å². The monoisotopic (exact) mass is 404 g/mol. The largest absolute Gasteiger partial charge is 0.493 e. The highest BCUT2D eigenvalue weighted by atomic mass is 32.2. The smallest absolute Gasteiger partial charge is 0.262 e. The van der Waals surface area contributed by atoms with Gasteiger partial charge in [0, 0.05) is 5.69 Å². The number of carbonyl (C=O) groups excluding carboxylic acids is 1. The number of rotatable bonds is 8. The maximum atomic E-state index is 12.2. The molecule has 0 bridgehead atoms. The van der Waals surface area contributed by atoms with E-state index in [9.17, 15) is 13.2 Å². The second kappa shape index (κ2) is 9.38. The van der Waals surface area contributed by atoms with Gasteiger partial charge >= 0.3 is 0 Å². The number of nitrogens with two attached hydrogens (primary N) is 1. The summed E-state index contributed by atoms with van der Waals surface area (Å²) in [7, 11) is -2.36. The van der Waals surface area contributed by atoms with Gasteiger partial charge in [0.1, 0.15) is 0 Å². The zero-order valence-corrected chi connectivity index (χ0v) is 16.9. The zero-order chi connectivity index (χ0) is 20.7. The van der Waals surface area contributed by atoms with Gasteiger partial charge in [-0.05, 0) is 48.7 Å². The summed E-state index contributed by atoms with van der Waals surface area (Å²) in [6.45, 7) is 3.47. The predicted octanol–water partition coefficient (Wildman–Crippen LogP) is 2.96. The number of sulfonamides is 1. The first-order valence-corrected chi connectivity index (χ1v) is 10.2. The number of methoxy groups -OCH3 is 1. The molecule has 0 saturated heterocycles. The van der Waals surface area contributed by atoms with Crippen LogP contribution in [0.1, 0.15) is 25.0 Å². The Labute approximate surface area is 165 Å². The van der Waals surface area contributed by atoms with E-state index in [1.165, 1.54) is 13.2 Å². The maximum Gasteiger partial charge on any atom is 0.262 e. The predicted molar refractivity (Wildman–Crippen MR) is 109 cm³/mol. The molecule has 0 heterocycles. The third-order valence-electron chi connectivity index (χ3n) is 3.94. The molecule has 0 atom stereocenters. The molecule has 2 rings (SSSR count). The van der Waals surface area contributed by atoms with E-state index in [1.54, 1.807) is 24.3 Å². The molecular formula is C20H24N2O5S. The highest BCUT2D eigenvalue weighted by Gasteiger charge is 2.15. The second-order valence-electron chi connectivity index (χ2n) is 5.97. The lowest BCUT2D eigenvalue weighted by atomic mass is 10.1. The summed E-state index contributed by atoms with van der Waals surface area (Å²) in [6.07, 6.45) is 4.33. The van der Waals surface area contributed by atoms with E-state index in [0.717, 1.165) is 5.56 Å². The molecule has 28 heavy (non-hydrogen) atoms. The topological polar surface area (TPSA) is 108 Å². The lowest BCUT2D eigenvalue weighted by Crippen LogP contribution is -2.21. The molecule has 0 aliphatic rings. The number of anilines is 1. The van der Waals surface area contributed by atoms with Crippen LogP contribution >= 0.6 is 0 Å². The Kier molecular flexibility index (Phi) is 7.19. The summed E-state index contributed by atoms with van der Waals surface area (Å²) < 4.78 is 34.3. The zero-order valence-electron chi connectivity index (χ0n) is 16.1. The SMILES string of the molecule is C/C=C/c1ccc(OCC(=O)Nc2ccc(CC)c(S(N)(=O)=O)c2)c(OC)c1. The first-order valence-electron chi connectivity index (χ1n) is 8.67. The molecule has 1 amide bonds. The number of aryl methyl sites for hydroxylation is 1. The summed E-state index contributed by atoms with van der Waals surface area (Å²) in [4.78, 5) is 12.2. The van der Waals surface area contributed by atoms with Crippen molar-refractivity contribution in [1.82, 2.24) is 0 Å². The number of primary sulfonamides is 1. The Morgan fingerprint density at radius 3 is 2.54 bits per heavy atom. The van der Waals surface area contributed by atoms with Gasteiger partial charge in [-0.15, -0.1) is 0 Å². The third-order valence-corrected chi connectivity index (χ3v) is 4.94. The van der Waals surface area contributed by atoms with E-state index in [-0.39, 0.29) is 11.5 Å². The normalized spacial score (nSPS) is 11.4. The summed E-state index contributed by atoms with van der Waals surface area (Å²) in [5.74, 6) is 0.494.